The standard InChI is InChI=1S/C18H22N6O2/c1-23-8-2-5-13(12-23)16-21-22-17-15(7-3-9-24(16)17)20-18(25)19-11-14-6-4-10-26-14/h3-4,6-7,9-10,13H,2,5,8,11-12H2,1H3,(H2,19,20,25). The third-order valence-corrected chi connectivity index (χ3v) is 4.70. The molecule has 0 spiro atoms. The van der Waals surface area contributed by atoms with Crippen LogP contribution in [0.2, 0.25) is 0 Å². The van der Waals surface area contributed by atoms with Gasteiger partial charge in [-0.2, -0.15) is 0 Å². The van der Waals surface area contributed by atoms with E-state index in [0.717, 1.165) is 31.8 Å². The number of furan rings is 1. The van der Waals surface area contributed by atoms with Crippen LogP contribution in [0.5, 0.6) is 0 Å². The summed E-state index contributed by atoms with van der Waals surface area (Å²) in [5, 5.41) is 14.3. The van der Waals surface area contributed by atoms with Crippen molar-refractivity contribution in [1.82, 2.24) is 24.8 Å². The van der Waals surface area contributed by atoms with E-state index in [1.165, 1.54) is 0 Å². The number of likely N-dealkylation sites (tertiary alicyclic amines) is 1. The molecule has 2 N–H and O–H groups in total. The third kappa shape index (κ3) is 3.41. The highest BCUT2D eigenvalue weighted by Crippen LogP contribution is 2.26. The van der Waals surface area contributed by atoms with Gasteiger partial charge in [0, 0.05) is 18.7 Å². The predicted octanol–water partition coefficient (Wildman–Crippen LogP) is 2.45. The maximum Gasteiger partial charge on any atom is 0.319 e. The smallest absolute Gasteiger partial charge is 0.319 e. The second-order valence-corrected chi connectivity index (χ2v) is 6.66. The van der Waals surface area contributed by atoms with Crippen molar-refractivity contribution in [3.8, 4) is 0 Å². The largest absolute Gasteiger partial charge is 0.467 e. The van der Waals surface area contributed by atoms with Gasteiger partial charge >= 0.3 is 6.03 Å². The van der Waals surface area contributed by atoms with Gasteiger partial charge < -0.3 is 20.0 Å². The summed E-state index contributed by atoms with van der Waals surface area (Å²) in [5.41, 5.74) is 1.29. The summed E-state index contributed by atoms with van der Waals surface area (Å²) in [6.07, 6.45) is 5.79. The van der Waals surface area contributed by atoms with Gasteiger partial charge in [-0.1, -0.05) is 0 Å². The first kappa shape index (κ1) is 16.6. The van der Waals surface area contributed by atoms with E-state index in [9.17, 15) is 4.79 Å². The van der Waals surface area contributed by atoms with Crippen LogP contribution in [0.15, 0.2) is 41.1 Å². The number of carbonyl (C=O) groups is 1. The van der Waals surface area contributed by atoms with E-state index in [1.54, 1.807) is 12.3 Å². The van der Waals surface area contributed by atoms with Gasteiger partial charge in [0.1, 0.15) is 11.6 Å². The lowest BCUT2D eigenvalue weighted by Crippen LogP contribution is -2.31. The van der Waals surface area contributed by atoms with Crippen molar-refractivity contribution in [2.24, 2.45) is 0 Å². The fraction of sp³-hybridized carbons (Fsp3) is 0.389. The molecular formula is C18H22N6O2. The molecule has 1 aliphatic heterocycles. The number of amides is 2. The fourth-order valence-corrected chi connectivity index (χ4v) is 3.43. The number of nitrogens with one attached hydrogen (secondary N) is 2. The van der Waals surface area contributed by atoms with Crippen molar-refractivity contribution in [2.75, 3.05) is 25.5 Å². The summed E-state index contributed by atoms with van der Waals surface area (Å²) in [6.45, 7) is 2.42. The number of pyridine rings is 1. The number of urea groups is 1. The Labute approximate surface area is 151 Å². The fourth-order valence-electron chi connectivity index (χ4n) is 3.43. The summed E-state index contributed by atoms with van der Waals surface area (Å²) in [5.74, 6) is 2.00. The van der Waals surface area contributed by atoms with E-state index >= 15 is 0 Å². The highest BCUT2D eigenvalue weighted by molar-refractivity contribution is 5.92. The second-order valence-electron chi connectivity index (χ2n) is 6.66. The summed E-state index contributed by atoms with van der Waals surface area (Å²) in [6, 6.07) is 7.02. The Kier molecular flexibility index (Phi) is 4.57. The van der Waals surface area contributed by atoms with Crippen LogP contribution in [0.1, 0.15) is 30.3 Å². The molecule has 1 aliphatic rings. The number of hydrogen-bond acceptors (Lipinski definition) is 5. The van der Waals surface area contributed by atoms with Crippen LogP contribution >= 0.6 is 0 Å². The average Bonchev–Trinajstić information content (AvgIpc) is 3.30. The Balaban J connectivity index is 1.50. The summed E-state index contributed by atoms with van der Waals surface area (Å²) in [7, 11) is 2.13. The molecule has 1 atom stereocenters. The monoisotopic (exact) mass is 354 g/mol. The van der Waals surface area contributed by atoms with Gasteiger partial charge in [0.25, 0.3) is 0 Å². The molecule has 0 saturated carbocycles. The van der Waals surface area contributed by atoms with Crippen molar-refractivity contribution >= 4 is 17.4 Å². The van der Waals surface area contributed by atoms with Crippen molar-refractivity contribution < 1.29 is 9.21 Å². The van der Waals surface area contributed by atoms with Gasteiger partial charge in [-0.3, -0.25) is 4.40 Å². The van der Waals surface area contributed by atoms with Crippen molar-refractivity contribution in [3.63, 3.8) is 0 Å². The molecule has 26 heavy (non-hydrogen) atoms. The first-order valence-corrected chi connectivity index (χ1v) is 8.80. The van der Waals surface area contributed by atoms with Crippen molar-refractivity contribution in [1.29, 1.82) is 0 Å². The topological polar surface area (TPSA) is 87.7 Å². The van der Waals surface area contributed by atoms with E-state index in [0.29, 0.717) is 29.6 Å². The molecule has 0 aliphatic carbocycles. The maximum atomic E-state index is 12.2. The number of hydrogen-bond donors (Lipinski definition) is 2. The third-order valence-electron chi connectivity index (χ3n) is 4.70. The lowest BCUT2D eigenvalue weighted by Gasteiger charge is -2.28. The van der Waals surface area contributed by atoms with E-state index in [2.05, 4.69) is 32.8 Å². The molecule has 0 bridgehead atoms. The van der Waals surface area contributed by atoms with E-state index in [4.69, 9.17) is 4.42 Å². The number of carbonyl (C=O) groups excluding carboxylic acids is 1. The second kappa shape index (κ2) is 7.17. The first-order valence-electron chi connectivity index (χ1n) is 8.80. The number of rotatable bonds is 4. The van der Waals surface area contributed by atoms with Gasteiger partial charge in [-0.25, -0.2) is 4.79 Å². The SMILES string of the molecule is CN1CCCC(c2nnc3c(NC(=O)NCc4ccco4)cccn23)C1. The molecule has 0 aromatic carbocycles. The molecule has 8 heteroatoms. The Morgan fingerprint density at radius 2 is 2.27 bits per heavy atom. The minimum atomic E-state index is -0.309. The van der Waals surface area contributed by atoms with Crippen LogP contribution in [0, 0.1) is 0 Å². The first-order chi connectivity index (χ1) is 12.7. The number of fused-ring (bicyclic) bond motifs is 1. The zero-order chi connectivity index (χ0) is 17.9. The van der Waals surface area contributed by atoms with E-state index < -0.39 is 0 Å². The van der Waals surface area contributed by atoms with Crippen LogP contribution in [0.25, 0.3) is 5.65 Å². The molecule has 3 aromatic heterocycles. The van der Waals surface area contributed by atoms with Gasteiger partial charge in [0.05, 0.1) is 18.5 Å². The minimum Gasteiger partial charge on any atom is -0.467 e. The highest BCUT2D eigenvalue weighted by Gasteiger charge is 2.24. The highest BCUT2D eigenvalue weighted by atomic mass is 16.3. The number of aromatic nitrogens is 3. The summed E-state index contributed by atoms with van der Waals surface area (Å²) < 4.78 is 7.19. The molecule has 0 radical (unpaired) electrons. The quantitative estimate of drug-likeness (QED) is 0.751. The number of piperidine rings is 1. The van der Waals surface area contributed by atoms with Gasteiger partial charge in [-0.05, 0) is 50.7 Å². The Hall–Kier alpha value is -2.87. The normalized spacial score (nSPS) is 18.1. The van der Waals surface area contributed by atoms with E-state index in [1.807, 2.05) is 28.8 Å². The van der Waals surface area contributed by atoms with Crippen LogP contribution in [0.4, 0.5) is 10.5 Å². The Morgan fingerprint density at radius 3 is 3.08 bits per heavy atom. The van der Waals surface area contributed by atoms with Crippen LogP contribution in [0.3, 0.4) is 0 Å². The number of anilines is 1. The lowest BCUT2D eigenvalue weighted by molar-refractivity contribution is 0.245. The molecule has 4 rings (SSSR count). The van der Waals surface area contributed by atoms with Crippen LogP contribution in [-0.2, 0) is 6.54 Å². The van der Waals surface area contributed by atoms with Crippen LogP contribution in [-0.4, -0.2) is 45.7 Å². The summed E-state index contributed by atoms with van der Waals surface area (Å²) in [4.78, 5) is 14.5. The molecule has 1 unspecified atom stereocenters. The van der Waals surface area contributed by atoms with Gasteiger partial charge in [0.15, 0.2) is 5.65 Å². The molecule has 2 amide bonds. The molecule has 1 saturated heterocycles. The molecule has 4 heterocycles. The molecule has 3 aromatic rings. The Bertz CT molecular complexity index is 888. The minimum absolute atomic E-state index is 0.309. The average molecular weight is 354 g/mol. The zero-order valence-electron chi connectivity index (χ0n) is 14.7. The van der Waals surface area contributed by atoms with E-state index in [-0.39, 0.29) is 6.03 Å². The van der Waals surface area contributed by atoms with Crippen LogP contribution < -0.4 is 10.6 Å². The van der Waals surface area contributed by atoms with Gasteiger partial charge in [0.2, 0.25) is 0 Å². The number of likely N-dealkylation sites (N-methyl/N-ethyl adjacent to an activating group) is 1. The zero-order valence-corrected chi connectivity index (χ0v) is 14.7. The lowest BCUT2D eigenvalue weighted by atomic mass is 9.98. The summed E-state index contributed by atoms with van der Waals surface area (Å²) >= 11 is 0. The number of nitrogens with zero attached hydrogens (tertiary/aromatic N) is 4. The molecule has 136 valence electrons. The molecule has 1 fully saturated rings. The van der Waals surface area contributed by atoms with Crippen molar-refractivity contribution in [2.45, 2.75) is 25.3 Å². The molecule has 8 nitrogen and oxygen atoms in total. The van der Waals surface area contributed by atoms with Crippen molar-refractivity contribution in [3.05, 3.63) is 48.3 Å². The maximum absolute atomic E-state index is 12.2. The van der Waals surface area contributed by atoms with Gasteiger partial charge in [-0.15, -0.1) is 10.2 Å². The molecular weight excluding hydrogens is 332 g/mol. The predicted molar refractivity (Wildman–Crippen MR) is 97.0 cm³/mol. The Morgan fingerprint density at radius 1 is 1.35 bits per heavy atom.